The van der Waals surface area contributed by atoms with Gasteiger partial charge in [-0.25, -0.2) is 0 Å². The van der Waals surface area contributed by atoms with Crippen molar-refractivity contribution in [2.45, 2.75) is 25.3 Å². The SMILES string of the molecule is C=C(c1ccc2c(c1)CCCC2NC)N(C)c1ccccc1. The van der Waals surface area contributed by atoms with Crippen molar-refractivity contribution < 1.29 is 0 Å². The summed E-state index contributed by atoms with van der Waals surface area (Å²) in [6, 6.07) is 17.7. The third kappa shape index (κ3) is 2.79. The molecule has 1 aliphatic carbocycles. The Bertz CT molecular complexity index is 661. The molecule has 0 heterocycles. The number of nitrogens with zero attached hydrogens (tertiary/aromatic N) is 1. The normalized spacial score (nSPS) is 16.9. The number of nitrogens with one attached hydrogen (secondary N) is 1. The molecule has 22 heavy (non-hydrogen) atoms. The summed E-state index contributed by atoms with van der Waals surface area (Å²) in [5.74, 6) is 0. The minimum atomic E-state index is 0.498. The summed E-state index contributed by atoms with van der Waals surface area (Å²) in [4.78, 5) is 2.15. The molecule has 0 radical (unpaired) electrons. The first-order valence-electron chi connectivity index (χ1n) is 7.99. The summed E-state index contributed by atoms with van der Waals surface area (Å²) in [6.07, 6.45) is 3.65. The number of rotatable bonds is 4. The summed E-state index contributed by atoms with van der Waals surface area (Å²) in [6.45, 7) is 4.30. The lowest BCUT2D eigenvalue weighted by molar-refractivity contribution is 0.496. The van der Waals surface area contributed by atoms with Crippen LogP contribution in [0.15, 0.2) is 55.1 Å². The summed E-state index contributed by atoms with van der Waals surface area (Å²) >= 11 is 0. The van der Waals surface area contributed by atoms with Crippen molar-refractivity contribution in [3.8, 4) is 0 Å². The van der Waals surface area contributed by atoms with Crippen molar-refractivity contribution in [2.75, 3.05) is 19.0 Å². The number of anilines is 1. The van der Waals surface area contributed by atoms with Crippen LogP contribution in [0.3, 0.4) is 0 Å². The minimum Gasteiger partial charge on any atom is -0.345 e. The van der Waals surface area contributed by atoms with Gasteiger partial charge in [-0.3, -0.25) is 0 Å². The smallest absolute Gasteiger partial charge is 0.0408 e. The van der Waals surface area contributed by atoms with Crippen LogP contribution in [-0.2, 0) is 6.42 Å². The Kier molecular flexibility index (Phi) is 4.30. The van der Waals surface area contributed by atoms with Gasteiger partial charge in [-0.2, -0.15) is 0 Å². The Balaban J connectivity index is 1.88. The highest BCUT2D eigenvalue weighted by Gasteiger charge is 2.19. The van der Waals surface area contributed by atoms with Gasteiger partial charge in [0, 0.05) is 24.5 Å². The van der Waals surface area contributed by atoms with E-state index in [0.717, 1.165) is 5.70 Å². The van der Waals surface area contributed by atoms with Gasteiger partial charge >= 0.3 is 0 Å². The monoisotopic (exact) mass is 292 g/mol. The predicted octanol–water partition coefficient (Wildman–Crippen LogP) is 4.39. The van der Waals surface area contributed by atoms with E-state index < -0.39 is 0 Å². The second kappa shape index (κ2) is 6.37. The zero-order chi connectivity index (χ0) is 15.5. The molecule has 0 aliphatic heterocycles. The molecule has 1 atom stereocenters. The van der Waals surface area contributed by atoms with Crippen LogP contribution >= 0.6 is 0 Å². The maximum atomic E-state index is 4.30. The maximum absolute atomic E-state index is 4.30. The van der Waals surface area contributed by atoms with Crippen LogP contribution in [0.5, 0.6) is 0 Å². The third-order valence-corrected chi connectivity index (χ3v) is 4.69. The standard InChI is InChI=1S/C20H24N2/c1-15(22(3)18-9-5-4-6-10-18)16-12-13-19-17(14-16)8-7-11-20(19)21-2/h4-6,9-10,12-14,20-21H,1,7-8,11H2,2-3H3. The van der Waals surface area contributed by atoms with Gasteiger partial charge in [-0.05, 0) is 61.2 Å². The lowest BCUT2D eigenvalue weighted by Gasteiger charge is -2.27. The molecule has 0 bridgehead atoms. The highest BCUT2D eigenvalue weighted by Crippen LogP contribution is 2.32. The van der Waals surface area contributed by atoms with Gasteiger partial charge in [0.2, 0.25) is 0 Å². The molecular formula is C20H24N2. The number of para-hydroxylation sites is 1. The van der Waals surface area contributed by atoms with Crippen molar-refractivity contribution in [1.82, 2.24) is 5.32 Å². The van der Waals surface area contributed by atoms with Crippen molar-refractivity contribution >= 4 is 11.4 Å². The van der Waals surface area contributed by atoms with E-state index in [1.165, 1.54) is 41.6 Å². The Morgan fingerprint density at radius 3 is 2.68 bits per heavy atom. The van der Waals surface area contributed by atoms with E-state index in [4.69, 9.17) is 0 Å². The first kappa shape index (κ1) is 14.9. The van der Waals surface area contributed by atoms with Gasteiger partial charge in [0.1, 0.15) is 0 Å². The van der Waals surface area contributed by atoms with E-state index in [-0.39, 0.29) is 0 Å². The summed E-state index contributed by atoms with van der Waals surface area (Å²) in [7, 11) is 4.13. The topological polar surface area (TPSA) is 15.3 Å². The Morgan fingerprint density at radius 2 is 1.95 bits per heavy atom. The molecule has 2 nitrogen and oxygen atoms in total. The van der Waals surface area contributed by atoms with E-state index >= 15 is 0 Å². The summed E-state index contributed by atoms with van der Waals surface area (Å²) < 4.78 is 0. The Labute approximate surface area is 133 Å². The maximum Gasteiger partial charge on any atom is 0.0408 e. The largest absolute Gasteiger partial charge is 0.345 e. The molecule has 2 aromatic rings. The number of aryl methyl sites for hydroxylation is 1. The zero-order valence-electron chi connectivity index (χ0n) is 13.5. The molecule has 2 aromatic carbocycles. The number of benzene rings is 2. The van der Waals surface area contributed by atoms with Crippen LogP contribution in [-0.4, -0.2) is 14.1 Å². The average molecular weight is 292 g/mol. The van der Waals surface area contributed by atoms with Crippen molar-refractivity contribution in [2.24, 2.45) is 0 Å². The molecule has 114 valence electrons. The summed E-state index contributed by atoms with van der Waals surface area (Å²) in [5, 5.41) is 3.42. The van der Waals surface area contributed by atoms with Crippen LogP contribution in [0, 0.1) is 0 Å². The van der Waals surface area contributed by atoms with E-state index in [2.05, 4.69) is 73.4 Å². The quantitative estimate of drug-likeness (QED) is 0.899. The molecule has 0 aromatic heterocycles. The van der Waals surface area contributed by atoms with Crippen molar-refractivity contribution in [3.63, 3.8) is 0 Å². The van der Waals surface area contributed by atoms with Crippen molar-refractivity contribution in [3.05, 3.63) is 71.8 Å². The molecule has 0 fully saturated rings. The predicted molar refractivity (Wildman–Crippen MR) is 95.1 cm³/mol. The molecular weight excluding hydrogens is 268 g/mol. The highest BCUT2D eigenvalue weighted by atomic mass is 15.1. The average Bonchev–Trinajstić information content (AvgIpc) is 2.60. The Hall–Kier alpha value is -2.06. The van der Waals surface area contributed by atoms with Crippen LogP contribution in [0.1, 0.15) is 35.6 Å². The van der Waals surface area contributed by atoms with Gasteiger partial charge in [0.25, 0.3) is 0 Å². The van der Waals surface area contributed by atoms with Crippen LogP contribution in [0.25, 0.3) is 5.70 Å². The molecule has 0 spiro atoms. The van der Waals surface area contributed by atoms with Gasteiger partial charge in [-0.1, -0.05) is 36.9 Å². The lowest BCUT2D eigenvalue weighted by Crippen LogP contribution is -2.22. The zero-order valence-corrected chi connectivity index (χ0v) is 13.5. The van der Waals surface area contributed by atoms with Gasteiger partial charge < -0.3 is 10.2 Å². The molecule has 3 rings (SSSR count). The van der Waals surface area contributed by atoms with Crippen LogP contribution < -0.4 is 10.2 Å². The van der Waals surface area contributed by atoms with Crippen molar-refractivity contribution in [1.29, 1.82) is 0 Å². The Morgan fingerprint density at radius 1 is 1.18 bits per heavy atom. The minimum absolute atomic E-state index is 0.498. The molecule has 1 N–H and O–H groups in total. The lowest BCUT2D eigenvalue weighted by atomic mass is 9.86. The van der Waals surface area contributed by atoms with E-state index in [1.807, 2.05) is 6.07 Å². The molecule has 0 saturated carbocycles. The first-order valence-corrected chi connectivity index (χ1v) is 7.99. The fourth-order valence-electron chi connectivity index (χ4n) is 3.29. The van der Waals surface area contributed by atoms with E-state index in [1.54, 1.807) is 0 Å². The first-order chi connectivity index (χ1) is 10.7. The molecule has 0 saturated heterocycles. The number of hydrogen-bond acceptors (Lipinski definition) is 2. The number of fused-ring (bicyclic) bond motifs is 1. The summed E-state index contributed by atoms with van der Waals surface area (Å²) in [5.41, 5.74) is 6.33. The number of hydrogen-bond donors (Lipinski definition) is 1. The van der Waals surface area contributed by atoms with Gasteiger partial charge in [0.15, 0.2) is 0 Å². The van der Waals surface area contributed by atoms with E-state index in [9.17, 15) is 0 Å². The third-order valence-electron chi connectivity index (χ3n) is 4.69. The van der Waals surface area contributed by atoms with Gasteiger partial charge in [-0.15, -0.1) is 0 Å². The van der Waals surface area contributed by atoms with Crippen LogP contribution in [0.2, 0.25) is 0 Å². The van der Waals surface area contributed by atoms with Crippen LogP contribution in [0.4, 0.5) is 5.69 Å². The second-order valence-electron chi connectivity index (χ2n) is 5.99. The molecule has 1 aliphatic rings. The van der Waals surface area contributed by atoms with E-state index in [0.29, 0.717) is 6.04 Å². The fraction of sp³-hybridized carbons (Fsp3) is 0.300. The second-order valence-corrected chi connectivity index (χ2v) is 5.99. The molecule has 0 amide bonds. The fourth-order valence-corrected chi connectivity index (χ4v) is 3.29. The molecule has 1 unspecified atom stereocenters. The van der Waals surface area contributed by atoms with Gasteiger partial charge in [0.05, 0.1) is 0 Å². The molecule has 2 heteroatoms. The highest BCUT2D eigenvalue weighted by molar-refractivity contribution is 5.77.